The van der Waals surface area contributed by atoms with Gasteiger partial charge in [0, 0.05) is 0 Å². The van der Waals surface area contributed by atoms with Crippen molar-refractivity contribution < 1.29 is 17.9 Å². The Morgan fingerprint density at radius 2 is 1.48 bits per heavy atom. The number of aryl methyl sites for hydroxylation is 2. The number of carbonyl (C=O) groups is 1. The molecule has 0 spiro atoms. The summed E-state index contributed by atoms with van der Waals surface area (Å²) in [5.74, 6) is -0.509. The Morgan fingerprint density at radius 3 is 2.06 bits per heavy atom. The van der Waals surface area contributed by atoms with Gasteiger partial charge in [0.15, 0.2) is 0 Å². The molecule has 3 unspecified atom stereocenters. The summed E-state index contributed by atoms with van der Waals surface area (Å²) in [5, 5.41) is 0. The first-order valence-electron chi connectivity index (χ1n) is 10.9. The van der Waals surface area contributed by atoms with Crippen LogP contribution in [0.5, 0.6) is 0 Å². The molecule has 4 rings (SSSR count). The van der Waals surface area contributed by atoms with Crippen molar-refractivity contribution in [3.63, 3.8) is 0 Å². The lowest BCUT2D eigenvalue weighted by Gasteiger charge is -2.09. The van der Waals surface area contributed by atoms with Crippen LogP contribution in [0.15, 0.2) is 89.3 Å². The van der Waals surface area contributed by atoms with Gasteiger partial charge in [-0.1, -0.05) is 77.9 Å². The van der Waals surface area contributed by atoms with Gasteiger partial charge in [-0.2, -0.15) is 4.31 Å². The molecule has 3 atom stereocenters. The Bertz CT molecular complexity index is 1260. The van der Waals surface area contributed by atoms with E-state index in [1.165, 1.54) is 4.31 Å². The fourth-order valence-electron chi connectivity index (χ4n) is 3.95. The molecule has 1 aliphatic rings. The van der Waals surface area contributed by atoms with E-state index in [1.807, 2.05) is 68.4 Å². The predicted molar refractivity (Wildman–Crippen MR) is 129 cm³/mol. The van der Waals surface area contributed by atoms with Crippen LogP contribution < -0.4 is 0 Å². The van der Waals surface area contributed by atoms with Crippen molar-refractivity contribution in [3.05, 3.63) is 107 Å². The molecule has 33 heavy (non-hydrogen) atoms. The average Bonchev–Trinajstić information content (AvgIpc) is 3.55. The zero-order chi connectivity index (χ0) is 23.6. The van der Waals surface area contributed by atoms with Crippen molar-refractivity contribution in [2.24, 2.45) is 0 Å². The van der Waals surface area contributed by atoms with E-state index in [2.05, 4.69) is 0 Å². The number of esters is 1. The second kappa shape index (κ2) is 9.33. The van der Waals surface area contributed by atoms with Crippen LogP contribution in [0.4, 0.5) is 0 Å². The van der Waals surface area contributed by atoms with Crippen molar-refractivity contribution in [1.82, 2.24) is 4.31 Å². The van der Waals surface area contributed by atoms with Gasteiger partial charge in [-0.15, -0.1) is 0 Å². The van der Waals surface area contributed by atoms with Gasteiger partial charge in [-0.05, 0) is 50.1 Å². The molecule has 5 nitrogen and oxygen atoms in total. The maximum atomic E-state index is 13.7. The summed E-state index contributed by atoms with van der Waals surface area (Å²) in [6.07, 6.45) is 1.73. The van der Waals surface area contributed by atoms with Crippen LogP contribution in [-0.2, 0) is 19.6 Å². The molecule has 3 aromatic rings. The largest absolute Gasteiger partial charge is 0.463 e. The van der Waals surface area contributed by atoms with Crippen LogP contribution in [0, 0.1) is 13.8 Å². The summed E-state index contributed by atoms with van der Waals surface area (Å²) in [5.41, 5.74) is 4.02. The van der Waals surface area contributed by atoms with E-state index in [4.69, 9.17) is 4.74 Å². The molecule has 0 aliphatic carbocycles. The normalized spacial score (nSPS) is 20.3. The zero-order valence-electron chi connectivity index (χ0n) is 18.9. The number of rotatable bonds is 7. The summed E-state index contributed by atoms with van der Waals surface area (Å²) >= 11 is 0. The standard InChI is InChI=1S/C27H27NO4S/c1-4-32-27(29)24(18-21-8-6-5-7-9-21)26-25(22-14-10-19(2)11-15-22)28(26)33(30,31)23-16-12-20(3)13-17-23/h5-18,25-26H,4H2,1-3H3/b24-18+. The van der Waals surface area contributed by atoms with Gasteiger partial charge in [-0.3, -0.25) is 0 Å². The molecule has 1 aliphatic heterocycles. The molecule has 1 heterocycles. The molecule has 1 saturated heterocycles. The smallest absolute Gasteiger partial charge is 0.335 e. The van der Waals surface area contributed by atoms with Crippen LogP contribution in [0.25, 0.3) is 6.08 Å². The van der Waals surface area contributed by atoms with E-state index in [9.17, 15) is 13.2 Å². The molecule has 0 amide bonds. The van der Waals surface area contributed by atoms with E-state index >= 15 is 0 Å². The van der Waals surface area contributed by atoms with Gasteiger partial charge in [-0.25, -0.2) is 13.2 Å². The number of benzene rings is 3. The van der Waals surface area contributed by atoms with Crippen LogP contribution >= 0.6 is 0 Å². The first-order valence-corrected chi connectivity index (χ1v) is 12.4. The van der Waals surface area contributed by atoms with Crippen LogP contribution in [-0.4, -0.2) is 31.3 Å². The third-order valence-electron chi connectivity index (χ3n) is 5.72. The van der Waals surface area contributed by atoms with E-state index in [1.54, 1.807) is 37.3 Å². The van der Waals surface area contributed by atoms with Crippen LogP contribution in [0.3, 0.4) is 0 Å². The number of nitrogens with zero attached hydrogens (tertiary/aromatic N) is 1. The minimum absolute atomic E-state index is 0.204. The van der Waals surface area contributed by atoms with Crippen LogP contribution in [0.2, 0.25) is 0 Å². The molecule has 6 heteroatoms. The Hall–Kier alpha value is -3.22. The Labute approximate surface area is 195 Å². The molecular weight excluding hydrogens is 434 g/mol. The summed E-state index contributed by atoms with van der Waals surface area (Å²) in [4.78, 5) is 13.2. The summed E-state index contributed by atoms with van der Waals surface area (Å²) in [6.45, 7) is 5.84. The first-order chi connectivity index (χ1) is 15.8. The maximum absolute atomic E-state index is 13.7. The molecule has 0 bridgehead atoms. The SMILES string of the molecule is CCOC(=O)/C(=C/c1ccccc1)C1C(c2ccc(C)cc2)N1S(=O)(=O)c1ccc(C)cc1. The first kappa shape index (κ1) is 23.0. The van der Waals surface area contributed by atoms with E-state index in [0.717, 1.165) is 22.3 Å². The minimum Gasteiger partial charge on any atom is -0.463 e. The maximum Gasteiger partial charge on any atom is 0.335 e. The second-order valence-electron chi connectivity index (χ2n) is 8.18. The number of sulfonamides is 1. The van der Waals surface area contributed by atoms with E-state index in [-0.39, 0.29) is 11.5 Å². The molecule has 170 valence electrons. The Morgan fingerprint density at radius 1 is 0.909 bits per heavy atom. The summed E-state index contributed by atoms with van der Waals surface area (Å²) < 4.78 is 34.0. The van der Waals surface area contributed by atoms with Gasteiger partial charge in [0.25, 0.3) is 0 Å². The molecule has 0 N–H and O–H groups in total. The topological polar surface area (TPSA) is 63.5 Å². The minimum atomic E-state index is -3.84. The van der Waals surface area contributed by atoms with Crippen LogP contribution in [0.1, 0.15) is 35.2 Å². The van der Waals surface area contributed by atoms with Gasteiger partial charge in [0.2, 0.25) is 10.0 Å². The second-order valence-corrected chi connectivity index (χ2v) is 10.0. The van der Waals surface area contributed by atoms with E-state index < -0.39 is 28.1 Å². The highest BCUT2D eigenvalue weighted by molar-refractivity contribution is 7.89. The molecule has 0 saturated carbocycles. The summed E-state index contributed by atoms with van der Waals surface area (Å²) in [7, 11) is -3.84. The van der Waals surface area contributed by atoms with Crippen molar-refractivity contribution in [3.8, 4) is 0 Å². The highest BCUT2D eigenvalue weighted by Gasteiger charge is 2.59. The van der Waals surface area contributed by atoms with Gasteiger partial charge >= 0.3 is 5.97 Å². The molecule has 3 aromatic carbocycles. The zero-order valence-corrected chi connectivity index (χ0v) is 19.7. The third-order valence-corrected chi connectivity index (χ3v) is 7.60. The molecule has 0 radical (unpaired) electrons. The number of ether oxygens (including phenoxy) is 1. The highest BCUT2D eigenvalue weighted by Crippen LogP contribution is 2.51. The van der Waals surface area contributed by atoms with E-state index in [0.29, 0.717) is 5.57 Å². The lowest BCUT2D eigenvalue weighted by Crippen LogP contribution is -2.19. The quantitative estimate of drug-likeness (QED) is 0.280. The highest BCUT2D eigenvalue weighted by atomic mass is 32.2. The fraction of sp³-hybridized carbons (Fsp3) is 0.222. The third kappa shape index (κ3) is 4.77. The molecule has 1 fully saturated rings. The number of carbonyl (C=O) groups excluding carboxylic acids is 1. The monoisotopic (exact) mass is 461 g/mol. The molecule has 0 aromatic heterocycles. The summed E-state index contributed by atoms with van der Waals surface area (Å²) in [6, 6.07) is 22.8. The number of hydrogen-bond donors (Lipinski definition) is 0. The van der Waals surface area contributed by atoms with Crippen molar-refractivity contribution >= 4 is 22.1 Å². The number of hydrogen-bond acceptors (Lipinski definition) is 4. The Balaban J connectivity index is 1.82. The fourth-order valence-corrected chi connectivity index (χ4v) is 5.68. The molecular formula is C27H27NO4S. The van der Waals surface area contributed by atoms with Gasteiger partial charge in [0.1, 0.15) is 0 Å². The average molecular weight is 462 g/mol. The Kier molecular flexibility index (Phi) is 6.49. The van der Waals surface area contributed by atoms with Crippen molar-refractivity contribution in [2.45, 2.75) is 37.8 Å². The lowest BCUT2D eigenvalue weighted by molar-refractivity contribution is -0.138. The van der Waals surface area contributed by atoms with Crippen molar-refractivity contribution in [1.29, 1.82) is 0 Å². The van der Waals surface area contributed by atoms with Crippen molar-refractivity contribution in [2.75, 3.05) is 6.61 Å². The van der Waals surface area contributed by atoms with Gasteiger partial charge in [0.05, 0.1) is 29.2 Å². The van der Waals surface area contributed by atoms with Gasteiger partial charge < -0.3 is 4.74 Å². The lowest BCUT2D eigenvalue weighted by atomic mass is 10.0. The predicted octanol–water partition coefficient (Wildman–Crippen LogP) is 5.06.